The number of benzene rings is 1. The highest BCUT2D eigenvalue weighted by atomic mass is 15.3. The zero-order chi connectivity index (χ0) is 16.5. The minimum Gasteiger partial charge on any atom is -0.357 e. The van der Waals surface area contributed by atoms with Gasteiger partial charge < -0.3 is 15.2 Å². The molecule has 0 saturated heterocycles. The molecule has 0 aliphatic rings. The first-order chi connectivity index (χ1) is 11.2. The lowest BCUT2D eigenvalue weighted by molar-refractivity contribution is 0.681. The van der Waals surface area contributed by atoms with Crippen LogP contribution in [-0.4, -0.2) is 33.8 Å². The Bertz CT molecular complexity index is 605. The van der Waals surface area contributed by atoms with Crippen molar-refractivity contribution in [2.75, 3.05) is 13.1 Å². The fourth-order valence-electron chi connectivity index (χ4n) is 2.31. The molecule has 2 rings (SSSR count). The minimum atomic E-state index is 0.416. The molecule has 2 aromatic rings. The summed E-state index contributed by atoms with van der Waals surface area (Å²) in [6, 6.07) is 10.5. The molecule has 1 aromatic carbocycles. The van der Waals surface area contributed by atoms with Crippen LogP contribution in [0.4, 0.5) is 0 Å². The van der Waals surface area contributed by atoms with Crippen LogP contribution in [0.25, 0.3) is 0 Å². The third-order valence-corrected chi connectivity index (χ3v) is 3.70. The van der Waals surface area contributed by atoms with Gasteiger partial charge in [0.25, 0.3) is 0 Å². The van der Waals surface area contributed by atoms with Crippen LogP contribution < -0.4 is 10.6 Å². The normalized spacial score (nSPS) is 12.9. The molecule has 1 aromatic heterocycles. The second kappa shape index (κ2) is 8.92. The van der Waals surface area contributed by atoms with Crippen LogP contribution in [0.2, 0.25) is 0 Å². The quantitative estimate of drug-likeness (QED) is 0.607. The number of nitrogens with one attached hydrogen (secondary N) is 2. The van der Waals surface area contributed by atoms with Crippen LogP contribution in [0.3, 0.4) is 0 Å². The molecule has 0 spiro atoms. The van der Waals surface area contributed by atoms with E-state index in [-0.39, 0.29) is 0 Å². The molecule has 1 heterocycles. The van der Waals surface area contributed by atoms with Gasteiger partial charge in [-0.05, 0) is 25.3 Å². The third kappa shape index (κ3) is 5.09. The summed E-state index contributed by atoms with van der Waals surface area (Å²) in [6.45, 7) is 9.37. The molecule has 2 N–H and O–H groups in total. The number of hydrogen-bond donors (Lipinski definition) is 2. The van der Waals surface area contributed by atoms with Crippen molar-refractivity contribution in [2.24, 2.45) is 4.99 Å². The fourth-order valence-corrected chi connectivity index (χ4v) is 2.31. The predicted molar refractivity (Wildman–Crippen MR) is 93.4 cm³/mol. The Morgan fingerprint density at radius 1 is 1.22 bits per heavy atom. The second-order valence-electron chi connectivity index (χ2n) is 5.42. The number of aliphatic imine (C=N–C) groups is 1. The van der Waals surface area contributed by atoms with Crippen molar-refractivity contribution in [3.8, 4) is 0 Å². The Morgan fingerprint density at radius 3 is 2.70 bits per heavy atom. The summed E-state index contributed by atoms with van der Waals surface area (Å²) >= 11 is 0. The van der Waals surface area contributed by atoms with E-state index in [2.05, 4.69) is 70.9 Å². The first-order valence-electron chi connectivity index (χ1n) is 8.18. The van der Waals surface area contributed by atoms with Gasteiger partial charge in [-0.3, -0.25) is 0 Å². The van der Waals surface area contributed by atoms with E-state index in [1.807, 2.05) is 10.6 Å². The summed E-state index contributed by atoms with van der Waals surface area (Å²) < 4.78 is 2.00. The number of nitrogens with zero attached hydrogens (tertiary/aromatic N) is 4. The highest BCUT2D eigenvalue weighted by molar-refractivity contribution is 5.79. The monoisotopic (exact) mass is 314 g/mol. The molecule has 1 atom stereocenters. The van der Waals surface area contributed by atoms with Gasteiger partial charge in [-0.1, -0.05) is 37.3 Å². The van der Waals surface area contributed by atoms with E-state index < -0.39 is 0 Å². The van der Waals surface area contributed by atoms with E-state index >= 15 is 0 Å². The molecule has 1 unspecified atom stereocenters. The van der Waals surface area contributed by atoms with Crippen molar-refractivity contribution >= 4 is 5.96 Å². The van der Waals surface area contributed by atoms with E-state index in [0.717, 1.165) is 31.4 Å². The molecule has 0 saturated carbocycles. The summed E-state index contributed by atoms with van der Waals surface area (Å²) in [4.78, 5) is 4.60. The maximum absolute atomic E-state index is 4.60. The molecule has 0 amide bonds. The van der Waals surface area contributed by atoms with E-state index in [1.54, 1.807) is 6.33 Å². The molecular formula is C17H26N6. The molecule has 0 fully saturated rings. The van der Waals surface area contributed by atoms with Crippen LogP contribution in [0.5, 0.6) is 0 Å². The molecule has 6 heteroatoms. The lowest BCUT2D eigenvalue weighted by atomic mass is 10.0. The molecular weight excluding hydrogens is 288 g/mol. The lowest BCUT2D eigenvalue weighted by Crippen LogP contribution is -2.39. The van der Waals surface area contributed by atoms with Crippen molar-refractivity contribution < 1.29 is 0 Å². The van der Waals surface area contributed by atoms with Gasteiger partial charge in [-0.25, -0.2) is 4.99 Å². The molecule has 6 nitrogen and oxygen atoms in total. The SMILES string of the molecule is CCNC(=NCc1nncn1CC)NCC(C)c1ccccc1. The maximum atomic E-state index is 4.60. The average molecular weight is 314 g/mol. The topological polar surface area (TPSA) is 67.1 Å². The minimum absolute atomic E-state index is 0.416. The summed E-state index contributed by atoms with van der Waals surface area (Å²) in [5.74, 6) is 2.10. The van der Waals surface area contributed by atoms with Crippen LogP contribution in [0.1, 0.15) is 38.1 Å². The van der Waals surface area contributed by atoms with E-state index in [1.165, 1.54) is 5.56 Å². The first-order valence-corrected chi connectivity index (χ1v) is 8.18. The zero-order valence-corrected chi connectivity index (χ0v) is 14.2. The van der Waals surface area contributed by atoms with Gasteiger partial charge in [0, 0.05) is 19.6 Å². The van der Waals surface area contributed by atoms with E-state index in [9.17, 15) is 0 Å². The van der Waals surface area contributed by atoms with Crippen LogP contribution >= 0.6 is 0 Å². The number of hydrogen-bond acceptors (Lipinski definition) is 3. The lowest BCUT2D eigenvalue weighted by Gasteiger charge is -2.16. The Hall–Kier alpha value is -2.37. The molecule has 124 valence electrons. The Labute approximate surface area is 138 Å². The fraction of sp³-hybridized carbons (Fsp3) is 0.471. The van der Waals surface area contributed by atoms with Crippen LogP contribution in [0, 0.1) is 0 Å². The highest BCUT2D eigenvalue weighted by Gasteiger charge is 2.07. The second-order valence-corrected chi connectivity index (χ2v) is 5.42. The van der Waals surface area contributed by atoms with Crippen molar-refractivity contribution in [3.05, 3.63) is 48.0 Å². The third-order valence-electron chi connectivity index (χ3n) is 3.70. The average Bonchev–Trinajstić information content (AvgIpc) is 3.05. The largest absolute Gasteiger partial charge is 0.357 e. The van der Waals surface area contributed by atoms with Gasteiger partial charge >= 0.3 is 0 Å². The van der Waals surface area contributed by atoms with Gasteiger partial charge in [0.15, 0.2) is 11.8 Å². The highest BCUT2D eigenvalue weighted by Crippen LogP contribution is 2.12. The molecule has 23 heavy (non-hydrogen) atoms. The standard InChI is InChI=1S/C17H26N6/c1-4-18-17(20-12-16-22-21-13-23(16)5-2)19-11-14(3)15-9-7-6-8-10-15/h6-10,13-14H,4-5,11-12H2,1-3H3,(H2,18,19,20). The Morgan fingerprint density at radius 2 is 2.00 bits per heavy atom. The van der Waals surface area contributed by atoms with E-state index in [4.69, 9.17) is 0 Å². The van der Waals surface area contributed by atoms with Gasteiger partial charge in [-0.15, -0.1) is 10.2 Å². The Balaban J connectivity index is 1.94. The Kier molecular flexibility index (Phi) is 6.59. The smallest absolute Gasteiger partial charge is 0.191 e. The molecule has 0 bridgehead atoms. The van der Waals surface area contributed by atoms with Crippen molar-refractivity contribution in [1.29, 1.82) is 0 Å². The van der Waals surface area contributed by atoms with Crippen LogP contribution in [0.15, 0.2) is 41.7 Å². The van der Waals surface area contributed by atoms with Gasteiger partial charge in [0.1, 0.15) is 12.9 Å². The summed E-state index contributed by atoms with van der Waals surface area (Å²) in [7, 11) is 0. The number of rotatable bonds is 7. The predicted octanol–water partition coefficient (Wildman–Crippen LogP) is 2.16. The molecule has 0 aliphatic carbocycles. The summed E-state index contributed by atoms with van der Waals surface area (Å²) in [5.41, 5.74) is 1.32. The van der Waals surface area contributed by atoms with Crippen molar-refractivity contribution in [2.45, 2.75) is 39.8 Å². The molecule has 0 aliphatic heterocycles. The zero-order valence-electron chi connectivity index (χ0n) is 14.2. The van der Waals surface area contributed by atoms with E-state index in [0.29, 0.717) is 12.5 Å². The summed E-state index contributed by atoms with van der Waals surface area (Å²) in [6.07, 6.45) is 1.74. The van der Waals surface area contributed by atoms with Gasteiger partial charge in [0.2, 0.25) is 0 Å². The number of aryl methyl sites for hydroxylation is 1. The first kappa shape index (κ1) is 17.0. The van der Waals surface area contributed by atoms with Crippen LogP contribution in [-0.2, 0) is 13.1 Å². The maximum Gasteiger partial charge on any atom is 0.191 e. The van der Waals surface area contributed by atoms with Gasteiger partial charge in [0.05, 0.1) is 0 Å². The van der Waals surface area contributed by atoms with Crippen molar-refractivity contribution in [3.63, 3.8) is 0 Å². The van der Waals surface area contributed by atoms with Crippen molar-refractivity contribution in [1.82, 2.24) is 25.4 Å². The molecule has 0 radical (unpaired) electrons. The number of aromatic nitrogens is 3. The van der Waals surface area contributed by atoms with Gasteiger partial charge in [-0.2, -0.15) is 0 Å². The summed E-state index contributed by atoms with van der Waals surface area (Å²) in [5, 5.41) is 14.7. The number of guanidine groups is 1.